The first-order valence-electron chi connectivity index (χ1n) is 5.40. The van der Waals surface area contributed by atoms with Gasteiger partial charge in [-0.1, -0.05) is 11.6 Å². The maximum atomic E-state index is 5.91. The molecule has 0 aliphatic heterocycles. The van der Waals surface area contributed by atoms with Crippen LogP contribution in [0.15, 0.2) is 12.4 Å². The van der Waals surface area contributed by atoms with E-state index < -0.39 is 0 Å². The van der Waals surface area contributed by atoms with Gasteiger partial charge < -0.3 is 5.32 Å². The van der Waals surface area contributed by atoms with Crippen LogP contribution in [0.1, 0.15) is 12.8 Å². The van der Waals surface area contributed by atoms with Gasteiger partial charge in [0.15, 0.2) is 0 Å². The third-order valence-electron chi connectivity index (χ3n) is 2.30. The van der Waals surface area contributed by atoms with Crippen LogP contribution in [-0.4, -0.2) is 38.1 Å². The molecule has 0 aromatic carbocycles. The van der Waals surface area contributed by atoms with Crippen LogP contribution < -0.4 is 5.32 Å². The molecule has 2 aromatic rings. The molecule has 0 aliphatic rings. The maximum absolute atomic E-state index is 5.91. The number of rotatable bonds is 6. The number of hydrogen-bond acceptors (Lipinski definition) is 5. The van der Waals surface area contributed by atoms with Crippen molar-refractivity contribution in [2.24, 2.45) is 0 Å². The monoisotopic (exact) mass is 271 g/mol. The molecule has 92 valence electrons. The fraction of sp³-hybridized carbons (Fsp3) is 0.500. The molecular weight excluding hydrogens is 258 g/mol. The number of nitrogens with one attached hydrogen (secondary N) is 1. The van der Waals surface area contributed by atoms with Crippen LogP contribution in [0.2, 0.25) is 5.15 Å². The molecule has 17 heavy (non-hydrogen) atoms. The lowest BCUT2D eigenvalue weighted by molar-refractivity contribution is 0.827. The number of halogens is 1. The zero-order chi connectivity index (χ0) is 12.1. The first-order valence-corrected chi connectivity index (χ1v) is 7.17. The van der Waals surface area contributed by atoms with Crippen molar-refractivity contribution in [1.29, 1.82) is 0 Å². The van der Waals surface area contributed by atoms with Crippen molar-refractivity contribution in [3.63, 3.8) is 0 Å². The summed E-state index contributed by atoms with van der Waals surface area (Å²) >= 11 is 7.78. The lowest BCUT2D eigenvalue weighted by atomic mass is 10.3. The molecule has 2 heterocycles. The Hall–Kier alpha value is -1.01. The Bertz CT molecular complexity index is 487. The largest absolute Gasteiger partial charge is 0.370 e. The van der Waals surface area contributed by atoms with Crippen molar-refractivity contribution in [2.45, 2.75) is 12.8 Å². The summed E-state index contributed by atoms with van der Waals surface area (Å²) in [6, 6.07) is 1.76. The van der Waals surface area contributed by atoms with Gasteiger partial charge in [-0.05, 0) is 24.9 Å². The highest BCUT2D eigenvalue weighted by Crippen LogP contribution is 2.14. The molecule has 0 spiro atoms. The highest BCUT2D eigenvalue weighted by molar-refractivity contribution is 7.98. The number of unbranched alkanes of at least 4 members (excludes halogenated alkanes) is 1. The number of anilines is 1. The Morgan fingerprint density at radius 1 is 1.47 bits per heavy atom. The molecule has 2 rings (SSSR count). The summed E-state index contributed by atoms with van der Waals surface area (Å²) in [7, 11) is 0. The third-order valence-corrected chi connectivity index (χ3v) is 3.19. The van der Waals surface area contributed by atoms with E-state index >= 15 is 0 Å². The highest BCUT2D eigenvalue weighted by Gasteiger charge is 2.05. The summed E-state index contributed by atoms with van der Waals surface area (Å²) in [5, 5.41) is 7.82. The molecule has 5 nitrogen and oxygen atoms in total. The van der Waals surface area contributed by atoms with E-state index in [1.807, 2.05) is 11.8 Å². The first-order chi connectivity index (χ1) is 8.31. The van der Waals surface area contributed by atoms with E-state index in [1.54, 1.807) is 10.6 Å². The zero-order valence-corrected chi connectivity index (χ0v) is 11.1. The average Bonchev–Trinajstić information content (AvgIpc) is 2.76. The van der Waals surface area contributed by atoms with Crippen LogP contribution in [0.4, 0.5) is 5.82 Å². The fourth-order valence-corrected chi connectivity index (χ4v) is 2.17. The quantitative estimate of drug-likeness (QED) is 0.646. The van der Waals surface area contributed by atoms with Crippen LogP contribution in [-0.2, 0) is 0 Å². The molecule has 0 atom stereocenters. The number of aromatic nitrogens is 4. The molecule has 7 heteroatoms. The minimum absolute atomic E-state index is 0.428. The van der Waals surface area contributed by atoms with Gasteiger partial charge in [-0.25, -0.2) is 0 Å². The minimum atomic E-state index is 0.428. The van der Waals surface area contributed by atoms with E-state index in [2.05, 4.69) is 26.6 Å². The van der Waals surface area contributed by atoms with E-state index in [9.17, 15) is 0 Å². The molecule has 0 saturated heterocycles. The van der Waals surface area contributed by atoms with Crippen LogP contribution in [0.25, 0.3) is 5.78 Å². The van der Waals surface area contributed by atoms with Crippen molar-refractivity contribution in [1.82, 2.24) is 19.6 Å². The normalized spacial score (nSPS) is 10.9. The van der Waals surface area contributed by atoms with Crippen molar-refractivity contribution in [3.05, 3.63) is 17.5 Å². The zero-order valence-electron chi connectivity index (χ0n) is 9.56. The molecule has 0 amide bonds. The van der Waals surface area contributed by atoms with Crippen molar-refractivity contribution >= 4 is 35.0 Å². The predicted molar refractivity (Wildman–Crippen MR) is 71.9 cm³/mol. The SMILES string of the molecule is CSCCCCNc1cc(Cl)nc2ncnn12. The van der Waals surface area contributed by atoms with Crippen LogP contribution in [0, 0.1) is 0 Å². The van der Waals surface area contributed by atoms with Gasteiger partial charge in [0.2, 0.25) is 0 Å². The van der Waals surface area contributed by atoms with Gasteiger partial charge in [0, 0.05) is 12.6 Å². The molecular formula is C10H14ClN5S. The molecule has 0 saturated carbocycles. The number of nitrogens with zero attached hydrogens (tertiary/aromatic N) is 4. The van der Waals surface area contributed by atoms with Crippen LogP contribution >= 0.6 is 23.4 Å². The van der Waals surface area contributed by atoms with Crippen LogP contribution in [0.5, 0.6) is 0 Å². The highest BCUT2D eigenvalue weighted by atomic mass is 35.5. The Labute approximate surface area is 109 Å². The summed E-state index contributed by atoms with van der Waals surface area (Å²) in [6.07, 6.45) is 5.91. The smallest absolute Gasteiger partial charge is 0.255 e. The summed E-state index contributed by atoms with van der Waals surface area (Å²) in [5.74, 6) is 2.54. The van der Waals surface area contributed by atoms with Crippen molar-refractivity contribution in [2.75, 3.05) is 23.9 Å². The molecule has 2 aromatic heterocycles. The summed E-state index contributed by atoms with van der Waals surface area (Å²) in [5.41, 5.74) is 0. The Morgan fingerprint density at radius 2 is 2.35 bits per heavy atom. The summed E-state index contributed by atoms with van der Waals surface area (Å²) in [6.45, 7) is 0.899. The van der Waals surface area contributed by atoms with E-state index in [-0.39, 0.29) is 0 Å². The van der Waals surface area contributed by atoms with Crippen molar-refractivity contribution < 1.29 is 0 Å². The Morgan fingerprint density at radius 3 is 3.18 bits per heavy atom. The van der Waals surface area contributed by atoms with Gasteiger partial charge in [0.25, 0.3) is 5.78 Å². The molecule has 0 radical (unpaired) electrons. The molecule has 0 bridgehead atoms. The van der Waals surface area contributed by atoms with Gasteiger partial charge >= 0.3 is 0 Å². The summed E-state index contributed by atoms with van der Waals surface area (Å²) < 4.78 is 1.65. The third kappa shape index (κ3) is 3.23. The topological polar surface area (TPSA) is 55.1 Å². The van der Waals surface area contributed by atoms with Gasteiger partial charge in [0.05, 0.1) is 0 Å². The first kappa shape index (κ1) is 12.4. The molecule has 1 N–H and O–H groups in total. The predicted octanol–water partition coefficient (Wildman–Crippen LogP) is 2.33. The lowest BCUT2D eigenvalue weighted by Crippen LogP contribution is -2.07. The summed E-state index contributed by atoms with van der Waals surface area (Å²) in [4.78, 5) is 8.08. The molecule has 0 aliphatic carbocycles. The second-order valence-electron chi connectivity index (χ2n) is 3.56. The van der Waals surface area contributed by atoms with E-state index in [0.717, 1.165) is 18.8 Å². The standard InChI is InChI=1S/C10H14ClN5S/c1-17-5-3-2-4-12-9-6-8(11)15-10-13-7-14-16(9)10/h6-7,12H,2-5H2,1H3. The fourth-order valence-electron chi connectivity index (χ4n) is 1.50. The number of fused-ring (bicyclic) bond motifs is 1. The lowest BCUT2D eigenvalue weighted by Gasteiger charge is -2.07. The number of hydrogen-bond donors (Lipinski definition) is 1. The van der Waals surface area contributed by atoms with E-state index in [1.165, 1.54) is 18.5 Å². The van der Waals surface area contributed by atoms with Gasteiger partial charge in [-0.3, -0.25) is 0 Å². The van der Waals surface area contributed by atoms with Crippen molar-refractivity contribution in [3.8, 4) is 0 Å². The average molecular weight is 272 g/mol. The van der Waals surface area contributed by atoms with Gasteiger partial charge in [-0.15, -0.1) is 0 Å². The van der Waals surface area contributed by atoms with E-state index in [4.69, 9.17) is 11.6 Å². The molecule has 0 unspecified atom stereocenters. The second kappa shape index (κ2) is 6.07. The number of thioether (sulfide) groups is 1. The van der Waals surface area contributed by atoms with Crippen LogP contribution in [0.3, 0.4) is 0 Å². The molecule has 0 fully saturated rings. The van der Waals surface area contributed by atoms with E-state index in [0.29, 0.717) is 10.9 Å². The Kier molecular flexibility index (Phi) is 4.44. The van der Waals surface area contributed by atoms with Gasteiger partial charge in [-0.2, -0.15) is 31.3 Å². The minimum Gasteiger partial charge on any atom is -0.370 e. The van der Waals surface area contributed by atoms with Gasteiger partial charge in [0.1, 0.15) is 17.3 Å². The Balaban J connectivity index is 2.00. The second-order valence-corrected chi connectivity index (χ2v) is 4.94. The maximum Gasteiger partial charge on any atom is 0.255 e.